The molecule has 0 saturated carbocycles. The lowest BCUT2D eigenvalue weighted by Gasteiger charge is -2.15. The molecule has 0 radical (unpaired) electrons. The lowest BCUT2D eigenvalue weighted by atomic mass is 10.2. The Morgan fingerprint density at radius 1 is 1.46 bits per heavy atom. The van der Waals surface area contributed by atoms with Crippen molar-refractivity contribution in [3.05, 3.63) is 23.6 Å². The molecule has 10 heteroatoms. The van der Waals surface area contributed by atoms with Gasteiger partial charge < -0.3 is 20.5 Å². The highest BCUT2D eigenvalue weighted by Crippen LogP contribution is 2.30. The molecule has 1 fully saturated rings. The van der Waals surface area contributed by atoms with E-state index in [1.165, 1.54) is 0 Å². The third-order valence-corrected chi connectivity index (χ3v) is 4.70. The second-order valence-corrected chi connectivity index (χ2v) is 6.60. The van der Waals surface area contributed by atoms with E-state index in [1.807, 2.05) is 17.8 Å². The molecular formula is C16H19ClN8O. The third-order valence-electron chi connectivity index (χ3n) is 4.41. The van der Waals surface area contributed by atoms with Gasteiger partial charge in [0.05, 0.1) is 22.3 Å². The summed E-state index contributed by atoms with van der Waals surface area (Å²) in [5, 5.41) is 12.1. The van der Waals surface area contributed by atoms with E-state index >= 15 is 0 Å². The number of likely N-dealkylation sites (tertiary alicyclic amines) is 1. The zero-order valence-corrected chi connectivity index (χ0v) is 15.0. The first-order chi connectivity index (χ1) is 12.7. The maximum Gasteiger partial charge on any atom is 0.231 e. The molecule has 0 aromatic carbocycles. The lowest BCUT2D eigenvalue weighted by Crippen LogP contribution is -2.25. The van der Waals surface area contributed by atoms with Crippen LogP contribution in [0.25, 0.3) is 11.0 Å². The Balaban J connectivity index is 1.64. The zero-order valence-electron chi connectivity index (χ0n) is 14.2. The Kier molecular flexibility index (Phi) is 4.37. The van der Waals surface area contributed by atoms with E-state index in [4.69, 9.17) is 11.6 Å². The number of hydrogen-bond acceptors (Lipinski definition) is 6. The number of anilines is 3. The van der Waals surface area contributed by atoms with E-state index in [2.05, 4.69) is 30.7 Å². The SMILES string of the molecule is CCn1cc(Nc2nc(NC3CCN(C=O)C3)c3c(Cl)c[nH]c3n2)cn1. The molecule has 3 aromatic heterocycles. The van der Waals surface area contributed by atoms with Crippen LogP contribution in [0, 0.1) is 0 Å². The standard InChI is InChI=1S/C16H19ClN8O/c1-2-25-8-11(5-19-25)21-16-22-14-13(12(17)6-18-14)15(23-16)20-10-3-4-24(7-10)9-26/h5-6,8-10H,2-4,7H2,1H3,(H3,18,20,21,22,23). The summed E-state index contributed by atoms with van der Waals surface area (Å²) in [5.74, 6) is 1.09. The van der Waals surface area contributed by atoms with Crippen LogP contribution in [-0.4, -0.2) is 55.2 Å². The Morgan fingerprint density at radius 3 is 3.08 bits per heavy atom. The van der Waals surface area contributed by atoms with Crippen molar-refractivity contribution in [1.82, 2.24) is 29.6 Å². The molecule has 9 nitrogen and oxygen atoms in total. The molecule has 0 bridgehead atoms. The van der Waals surface area contributed by atoms with E-state index in [-0.39, 0.29) is 6.04 Å². The summed E-state index contributed by atoms with van der Waals surface area (Å²) in [6.07, 6.45) is 7.04. The number of aromatic amines is 1. The molecule has 1 amide bonds. The van der Waals surface area contributed by atoms with Crippen LogP contribution >= 0.6 is 11.6 Å². The molecule has 1 aliphatic heterocycles. The fourth-order valence-corrected chi connectivity index (χ4v) is 3.31. The second-order valence-electron chi connectivity index (χ2n) is 6.20. The van der Waals surface area contributed by atoms with Crippen LogP contribution in [0.1, 0.15) is 13.3 Å². The number of nitrogens with zero attached hydrogens (tertiary/aromatic N) is 5. The molecule has 3 N–H and O–H groups in total. The van der Waals surface area contributed by atoms with Crippen LogP contribution in [0.2, 0.25) is 5.02 Å². The monoisotopic (exact) mass is 374 g/mol. The molecule has 0 aliphatic carbocycles. The number of aromatic nitrogens is 5. The van der Waals surface area contributed by atoms with E-state index < -0.39 is 0 Å². The number of amides is 1. The van der Waals surface area contributed by atoms with Crippen molar-refractivity contribution in [3.8, 4) is 0 Å². The minimum atomic E-state index is 0.125. The summed E-state index contributed by atoms with van der Waals surface area (Å²) >= 11 is 6.30. The van der Waals surface area contributed by atoms with Gasteiger partial charge in [0, 0.05) is 38.1 Å². The summed E-state index contributed by atoms with van der Waals surface area (Å²) < 4.78 is 1.82. The van der Waals surface area contributed by atoms with Gasteiger partial charge in [-0.3, -0.25) is 9.48 Å². The van der Waals surface area contributed by atoms with Crippen molar-refractivity contribution < 1.29 is 4.79 Å². The molecular weight excluding hydrogens is 356 g/mol. The van der Waals surface area contributed by atoms with Gasteiger partial charge >= 0.3 is 0 Å². The Bertz CT molecular complexity index is 936. The van der Waals surface area contributed by atoms with Gasteiger partial charge in [0.1, 0.15) is 11.5 Å². The number of nitrogens with one attached hydrogen (secondary N) is 3. The number of fused-ring (bicyclic) bond motifs is 1. The number of carbonyl (C=O) groups excluding carboxylic acids is 1. The van der Waals surface area contributed by atoms with Gasteiger partial charge in [0.15, 0.2) is 0 Å². The van der Waals surface area contributed by atoms with Gasteiger partial charge in [0.25, 0.3) is 0 Å². The average Bonchev–Trinajstić information content (AvgIpc) is 3.36. The van der Waals surface area contributed by atoms with Gasteiger partial charge in [-0.1, -0.05) is 11.6 Å². The van der Waals surface area contributed by atoms with Crippen LogP contribution in [-0.2, 0) is 11.3 Å². The molecule has 1 unspecified atom stereocenters. The summed E-state index contributed by atoms with van der Waals surface area (Å²) in [6, 6.07) is 0.125. The lowest BCUT2D eigenvalue weighted by molar-refractivity contribution is -0.117. The predicted molar refractivity (Wildman–Crippen MR) is 99.7 cm³/mol. The van der Waals surface area contributed by atoms with E-state index in [0.717, 1.165) is 37.0 Å². The average molecular weight is 375 g/mol. The molecule has 1 atom stereocenters. The number of rotatable bonds is 6. The molecule has 1 aliphatic rings. The van der Waals surface area contributed by atoms with Gasteiger partial charge in [0.2, 0.25) is 12.4 Å². The molecule has 136 valence electrons. The summed E-state index contributed by atoms with van der Waals surface area (Å²) in [4.78, 5) is 24.8. The van der Waals surface area contributed by atoms with E-state index in [9.17, 15) is 4.79 Å². The molecule has 4 heterocycles. The largest absolute Gasteiger partial charge is 0.365 e. The summed E-state index contributed by atoms with van der Waals surface area (Å²) in [7, 11) is 0. The van der Waals surface area contributed by atoms with Crippen LogP contribution in [0.4, 0.5) is 17.5 Å². The highest BCUT2D eigenvalue weighted by molar-refractivity contribution is 6.36. The maximum absolute atomic E-state index is 10.9. The predicted octanol–water partition coefficient (Wildman–Crippen LogP) is 2.21. The first-order valence-electron chi connectivity index (χ1n) is 8.46. The second kappa shape index (κ2) is 6.83. The first kappa shape index (κ1) is 16.6. The topological polar surface area (TPSA) is 104 Å². The minimum Gasteiger partial charge on any atom is -0.365 e. The number of aryl methyl sites for hydroxylation is 1. The number of H-pyrrole nitrogens is 1. The van der Waals surface area contributed by atoms with E-state index in [1.54, 1.807) is 17.3 Å². The Hall–Kier alpha value is -2.81. The van der Waals surface area contributed by atoms with Gasteiger partial charge in [-0.15, -0.1) is 0 Å². The Morgan fingerprint density at radius 2 is 2.35 bits per heavy atom. The van der Waals surface area contributed by atoms with Crippen molar-refractivity contribution >= 4 is 46.5 Å². The Labute approximate surface area is 154 Å². The molecule has 4 rings (SSSR count). The molecule has 26 heavy (non-hydrogen) atoms. The van der Waals surface area contributed by atoms with Crippen molar-refractivity contribution in [2.24, 2.45) is 0 Å². The normalized spacial score (nSPS) is 17.0. The number of halogens is 1. The highest BCUT2D eigenvalue weighted by atomic mass is 35.5. The summed E-state index contributed by atoms with van der Waals surface area (Å²) in [6.45, 7) is 4.18. The maximum atomic E-state index is 10.9. The van der Waals surface area contributed by atoms with Gasteiger partial charge in [-0.2, -0.15) is 15.1 Å². The number of carbonyl (C=O) groups is 1. The summed E-state index contributed by atoms with van der Waals surface area (Å²) in [5.41, 5.74) is 1.45. The van der Waals surface area contributed by atoms with Crippen LogP contribution < -0.4 is 10.6 Å². The first-order valence-corrected chi connectivity index (χ1v) is 8.84. The smallest absolute Gasteiger partial charge is 0.231 e. The van der Waals surface area contributed by atoms with Crippen LogP contribution in [0.5, 0.6) is 0 Å². The van der Waals surface area contributed by atoms with Crippen LogP contribution in [0.3, 0.4) is 0 Å². The molecule has 0 spiro atoms. The van der Waals surface area contributed by atoms with Crippen molar-refractivity contribution in [1.29, 1.82) is 0 Å². The minimum absolute atomic E-state index is 0.125. The quantitative estimate of drug-likeness (QED) is 0.571. The van der Waals surface area contributed by atoms with Crippen LogP contribution in [0.15, 0.2) is 18.6 Å². The van der Waals surface area contributed by atoms with Gasteiger partial charge in [-0.25, -0.2) is 0 Å². The van der Waals surface area contributed by atoms with Crippen molar-refractivity contribution in [3.63, 3.8) is 0 Å². The van der Waals surface area contributed by atoms with Crippen molar-refractivity contribution in [2.75, 3.05) is 23.7 Å². The molecule has 1 saturated heterocycles. The van der Waals surface area contributed by atoms with E-state index in [0.29, 0.717) is 29.0 Å². The number of hydrogen-bond donors (Lipinski definition) is 3. The van der Waals surface area contributed by atoms with Crippen molar-refractivity contribution in [2.45, 2.75) is 25.9 Å². The molecule has 3 aromatic rings. The third kappa shape index (κ3) is 3.17. The van der Waals surface area contributed by atoms with Gasteiger partial charge in [-0.05, 0) is 13.3 Å². The fourth-order valence-electron chi connectivity index (χ4n) is 3.08. The highest BCUT2D eigenvalue weighted by Gasteiger charge is 2.23. The zero-order chi connectivity index (χ0) is 18.1. The fraction of sp³-hybridized carbons (Fsp3) is 0.375.